The third-order valence-electron chi connectivity index (χ3n) is 2.91. The Morgan fingerprint density at radius 2 is 1.83 bits per heavy atom. The minimum Gasteiger partial charge on any atom is -0.320 e. The molecular formula is C14H12N4. The molecule has 4 nitrogen and oxygen atoms in total. The molecule has 0 radical (unpaired) electrons. The fourth-order valence-electron chi connectivity index (χ4n) is 2.01. The van der Waals surface area contributed by atoms with E-state index < -0.39 is 0 Å². The standard InChI is InChI=1S/C14H12N4/c15-13(10-3-2-6-16-9-10)11-4-1-5-12-14(11)18-8-7-17-12/h1-9,13H,15H2. The first kappa shape index (κ1) is 10.8. The van der Waals surface area contributed by atoms with Gasteiger partial charge in [0.1, 0.15) is 0 Å². The van der Waals surface area contributed by atoms with E-state index in [-0.39, 0.29) is 6.04 Å². The summed E-state index contributed by atoms with van der Waals surface area (Å²) in [6.07, 6.45) is 6.88. The van der Waals surface area contributed by atoms with Gasteiger partial charge in [0.25, 0.3) is 0 Å². The van der Waals surface area contributed by atoms with Gasteiger partial charge < -0.3 is 5.73 Å². The molecular weight excluding hydrogens is 224 g/mol. The van der Waals surface area contributed by atoms with E-state index in [1.165, 1.54) is 0 Å². The van der Waals surface area contributed by atoms with Crippen LogP contribution in [0, 0.1) is 0 Å². The van der Waals surface area contributed by atoms with Gasteiger partial charge in [-0.1, -0.05) is 18.2 Å². The van der Waals surface area contributed by atoms with Crippen LogP contribution < -0.4 is 5.73 Å². The maximum Gasteiger partial charge on any atom is 0.0937 e. The molecule has 0 fully saturated rings. The van der Waals surface area contributed by atoms with Crippen molar-refractivity contribution in [2.24, 2.45) is 5.73 Å². The van der Waals surface area contributed by atoms with E-state index in [0.29, 0.717) is 0 Å². The first-order chi connectivity index (χ1) is 8.86. The van der Waals surface area contributed by atoms with Crippen LogP contribution in [-0.4, -0.2) is 15.0 Å². The van der Waals surface area contributed by atoms with E-state index in [2.05, 4.69) is 15.0 Å². The summed E-state index contributed by atoms with van der Waals surface area (Å²) >= 11 is 0. The van der Waals surface area contributed by atoms with Crippen molar-refractivity contribution >= 4 is 11.0 Å². The van der Waals surface area contributed by atoms with Crippen LogP contribution in [0.3, 0.4) is 0 Å². The van der Waals surface area contributed by atoms with Crippen LogP contribution in [-0.2, 0) is 0 Å². The summed E-state index contributed by atoms with van der Waals surface area (Å²) in [6, 6.07) is 9.47. The lowest BCUT2D eigenvalue weighted by Gasteiger charge is -2.13. The van der Waals surface area contributed by atoms with Gasteiger partial charge in [0.05, 0.1) is 17.1 Å². The van der Waals surface area contributed by atoms with Crippen LogP contribution in [0.5, 0.6) is 0 Å². The zero-order valence-electron chi connectivity index (χ0n) is 9.69. The second kappa shape index (κ2) is 4.50. The second-order valence-corrected chi connectivity index (χ2v) is 4.04. The minimum atomic E-state index is -0.237. The summed E-state index contributed by atoms with van der Waals surface area (Å²) in [4.78, 5) is 12.7. The quantitative estimate of drug-likeness (QED) is 0.739. The largest absolute Gasteiger partial charge is 0.320 e. The van der Waals surface area contributed by atoms with E-state index in [9.17, 15) is 0 Å². The average Bonchev–Trinajstić information content (AvgIpc) is 2.47. The molecule has 0 amide bonds. The molecule has 1 unspecified atom stereocenters. The molecule has 0 aliphatic heterocycles. The predicted octanol–water partition coefficient (Wildman–Crippen LogP) is 2.07. The van der Waals surface area contributed by atoms with E-state index >= 15 is 0 Å². The SMILES string of the molecule is NC(c1cccnc1)c1cccc2nccnc12. The van der Waals surface area contributed by atoms with Crippen molar-refractivity contribution in [3.63, 3.8) is 0 Å². The number of pyridine rings is 1. The summed E-state index contributed by atoms with van der Waals surface area (Å²) in [5.41, 5.74) is 9.91. The van der Waals surface area contributed by atoms with Crippen LogP contribution in [0.1, 0.15) is 17.2 Å². The third kappa shape index (κ3) is 1.83. The third-order valence-corrected chi connectivity index (χ3v) is 2.91. The Bertz CT molecular complexity index is 661. The number of rotatable bonds is 2. The van der Waals surface area contributed by atoms with E-state index in [1.807, 2.05) is 30.3 Å². The van der Waals surface area contributed by atoms with E-state index in [4.69, 9.17) is 5.73 Å². The van der Waals surface area contributed by atoms with Crippen LogP contribution in [0.2, 0.25) is 0 Å². The summed E-state index contributed by atoms with van der Waals surface area (Å²) in [5.74, 6) is 0. The molecule has 88 valence electrons. The van der Waals surface area contributed by atoms with Crippen molar-refractivity contribution in [1.82, 2.24) is 15.0 Å². The number of benzene rings is 1. The van der Waals surface area contributed by atoms with Gasteiger partial charge >= 0.3 is 0 Å². The summed E-state index contributed by atoms with van der Waals surface area (Å²) < 4.78 is 0. The molecule has 0 saturated heterocycles. The van der Waals surface area contributed by atoms with Gasteiger partial charge in [0.15, 0.2) is 0 Å². The van der Waals surface area contributed by atoms with Gasteiger partial charge in [0.2, 0.25) is 0 Å². The predicted molar refractivity (Wildman–Crippen MR) is 69.8 cm³/mol. The summed E-state index contributed by atoms with van der Waals surface area (Å²) in [6.45, 7) is 0. The van der Waals surface area contributed by atoms with Crippen LogP contribution in [0.25, 0.3) is 11.0 Å². The van der Waals surface area contributed by atoms with E-state index in [1.54, 1.807) is 24.8 Å². The molecule has 0 bridgehead atoms. The second-order valence-electron chi connectivity index (χ2n) is 4.04. The number of nitrogens with two attached hydrogens (primary N) is 1. The zero-order valence-corrected chi connectivity index (χ0v) is 9.69. The highest BCUT2D eigenvalue weighted by Gasteiger charge is 2.13. The molecule has 2 heterocycles. The highest BCUT2D eigenvalue weighted by Crippen LogP contribution is 2.24. The molecule has 3 rings (SSSR count). The van der Waals surface area contributed by atoms with Gasteiger partial charge in [-0.15, -0.1) is 0 Å². The van der Waals surface area contributed by atoms with Gasteiger partial charge in [-0.25, -0.2) is 0 Å². The van der Waals surface area contributed by atoms with Gasteiger partial charge in [0, 0.05) is 30.4 Å². The van der Waals surface area contributed by atoms with Crippen molar-refractivity contribution in [3.05, 3.63) is 66.2 Å². The highest BCUT2D eigenvalue weighted by atomic mass is 14.8. The van der Waals surface area contributed by atoms with Gasteiger partial charge in [-0.05, 0) is 17.7 Å². The zero-order chi connectivity index (χ0) is 12.4. The summed E-state index contributed by atoms with van der Waals surface area (Å²) in [7, 11) is 0. The molecule has 0 saturated carbocycles. The van der Waals surface area contributed by atoms with Crippen molar-refractivity contribution in [1.29, 1.82) is 0 Å². The Morgan fingerprint density at radius 1 is 0.944 bits per heavy atom. The molecule has 1 atom stereocenters. The van der Waals surface area contributed by atoms with Crippen molar-refractivity contribution in [2.45, 2.75) is 6.04 Å². The lowest BCUT2D eigenvalue weighted by Crippen LogP contribution is -2.13. The monoisotopic (exact) mass is 236 g/mol. The molecule has 2 aromatic heterocycles. The van der Waals surface area contributed by atoms with Gasteiger partial charge in [-0.2, -0.15) is 0 Å². The molecule has 0 spiro atoms. The van der Waals surface area contributed by atoms with Gasteiger partial charge in [-0.3, -0.25) is 15.0 Å². The topological polar surface area (TPSA) is 64.7 Å². The Balaban J connectivity index is 2.15. The highest BCUT2D eigenvalue weighted by molar-refractivity contribution is 5.78. The number of aromatic nitrogens is 3. The van der Waals surface area contributed by atoms with Crippen molar-refractivity contribution < 1.29 is 0 Å². The number of hydrogen-bond acceptors (Lipinski definition) is 4. The van der Waals surface area contributed by atoms with Crippen LogP contribution >= 0.6 is 0 Å². The first-order valence-corrected chi connectivity index (χ1v) is 5.71. The molecule has 18 heavy (non-hydrogen) atoms. The molecule has 0 aliphatic rings. The Labute approximate surface area is 105 Å². The molecule has 0 aliphatic carbocycles. The minimum absolute atomic E-state index is 0.237. The Hall–Kier alpha value is -2.33. The smallest absolute Gasteiger partial charge is 0.0937 e. The average molecular weight is 236 g/mol. The molecule has 4 heteroatoms. The number of nitrogens with zero attached hydrogens (tertiary/aromatic N) is 3. The molecule has 3 aromatic rings. The maximum absolute atomic E-state index is 6.27. The maximum atomic E-state index is 6.27. The lowest BCUT2D eigenvalue weighted by atomic mass is 10.00. The molecule has 2 N–H and O–H groups in total. The number of para-hydroxylation sites is 1. The van der Waals surface area contributed by atoms with Crippen molar-refractivity contribution in [2.75, 3.05) is 0 Å². The van der Waals surface area contributed by atoms with Crippen LogP contribution in [0.15, 0.2) is 55.1 Å². The Morgan fingerprint density at radius 3 is 2.67 bits per heavy atom. The van der Waals surface area contributed by atoms with Crippen molar-refractivity contribution in [3.8, 4) is 0 Å². The van der Waals surface area contributed by atoms with Crippen LogP contribution in [0.4, 0.5) is 0 Å². The fraction of sp³-hybridized carbons (Fsp3) is 0.0714. The number of fused-ring (bicyclic) bond motifs is 1. The fourth-order valence-corrected chi connectivity index (χ4v) is 2.01. The van der Waals surface area contributed by atoms with E-state index in [0.717, 1.165) is 22.2 Å². The summed E-state index contributed by atoms with van der Waals surface area (Å²) in [5, 5.41) is 0. The number of hydrogen-bond donors (Lipinski definition) is 1. The normalized spacial score (nSPS) is 12.5. The Kier molecular flexibility index (Phi) is 2.70. The molecule has 1 aromatic carbocycles. The lowest BCUT2D eigenvalue weighted by molar-refractivity contribution is 0.868. The first-order valence-electron chi connectivity index (χ1n) is 5.71.